The third-order valence-corrected chi connectivity index (χ3v) is 3.02. The molecule has 0 fully saturated rings. The van der Waals surface area contributed by atoms with Gasteiger partial charge < -0.3 is 4.74 Å². The van der Waals surface area contributed by atoms with Crippen molar-refractivity contribution in [3.63, 3.8) is 0 Å². The van der Waals surface area contributed by atoms with Gasteiger partial charge in [-0.15, -0.1) is 0 Å². The average Bonchev–Trinajstić information content (AvgIpc) is 2.47. The molecule has 6 heteroatoms. The Kier molecular flexibility index (Phi) is 4.65. The second-order valence-electron chi connectivity index (χ2n) is 4.46. The molecule has 0 unspecified atom stereocenters. The number of esters is 1. The molecule has 21 heavy (non-hydrogen) atoms. The fourth-order valence-corrected chi connectivity index (χ4v) is 1.75. The number of carbonyl (C=O) groups is 2. The van der Waals surface area contributed by atoms with Gasteiger partial charge in [-0.3, -0.25) is 9.78 Å². The fraction of sp³-hybridized carbons (Fsp3) is 0.200. The van der Waals surface area contributed by atoms with E-state index in [2.05, 4.69) is 9.97 Å². The van der Waals surface area contributed by atoms with Crippen molar-refractivity contribution in [3.05, 3.63) is 58.6 Å². The monoisotopic (exact) mass is 304 g/mol. The molecule has 0 amide bonds. The van der Waals surface area contributed by atoms with E-state index >= 15 is 0 Å². The Balaban J connectivity index is 2.05. The molecule has 0 aliphatic carbocycles. The Morgan fingerprint density at radius 3 is 2.38 bits per heavy atom. The summed E-state index contributed by atoms with van der Waals surface area (Å²) >= 11 is 5.76. The molecule has 5 nitrogen and oxygen atoms in total. The second kappa shape index (κ2) is 6.45. The topological polar surface area (TPSA) is 69.2 Å². The van der Waals surface area contributed by atoms with Crippen molar-refractivity contribution in [1.29, 1.82) is 0 Å². The largest absolute Gasteiger partial charge is 0.449 e. The van der Waals surface area contributed by atoms with Crippen LogP contribution in [0.4, 0.5) is 0 Å². The van der Waals surface area contributed by atoms with E-state index in [-0.39, 0.29) is 11.5 Å². The molecule has 0 aliphatic rings. The zero-order valence-electron chi connectivity index (χ0n) is 11.5. The van der Waals surface area contributed by atoms with E-state index in [0.717, 1.165) is 0 Å². The van der Waals surface area contributed by atoms with E-state index in [1.165, 1.54) is 19.3 Å². The number of hydrogen-bond donors (Lipinski definition) is 0. The first-order chi connectivity index (χ1) is 9.97. The number of ketones is 1. The number of nitrogens with zero attached hydrogens (tertiary/aromatic N) is 2. The van der Waals surface area contributed by atoms with Crippen LogP contribution in [-0.2, 0) is 4.74 Å². The maximum atomic E-state index is 12.1. The lowest BCUT2D eigenvalue weighted by molar-refractivity contribution is 0.0312. The fourth-order valence-electron chi connectivity index (χ4n) is 1.62. The molecule has 1 atom stereocenters. The summed E-state index contributed by atoms with van der Waals surface area (Å²) in [6.07, 6.45) is 1.86. The van der Waals surface area contributed by atoms with E-state index < -0.39 is 12.1 Å². The van der Waals surface area contributed by atoms with Crippen molar-refractivity contribution in [2.45, 2.75) is 20.0 Å². The molecular formula is C15H13ClN2O3. The predicted molar refractivity (Wildman–Crippen MR) is 77.4 cm³/mol. The van der Waals surface area contributed by atoms with Crippen molar-refractivity contribution in [2.75, 3.05) is 0 Å². The predicted octanol–water partition coefficient (Wildman–Crippen LogP) is 2.87. The molecule has 0 bridgehead atoms. The van der Waals surface area contributed by atoms with Crippen molar-refractivity contribution in [3.8, 4) is 0 Å². The third-order valence-electron chi connectivity index (χ3n) is 2.77. The summed E-state index contributed by atoms with van der Waals surface area (Å²) in [4.78, 5) is 31.8. The van der Waals surface area contributed by atoms with Gasteiger partial charge in [0.25, 0.3) is 0 Å². The SMILES string of the molecule is Cc1cnc(C(=O)O[C@@H](C)C(=O)c2ccc(Cl)cc2)cn1. The first-order valence-corrected chi connectivity index (χ1v) is 6.64. The van der Waals surface area contributed by atoms with Crippen LogP contribution in [0.5, 0.6) is 0 Å². The minimum atomic E-state index is -0.915. The zero-order valence-corrected chi connectivity index (χ0v) is 12.3. The van der Waals surface area contributed by atoms with Crippen LogP contribution in [0.25, 0.3) is 0 Å². The molecule has 0 saturated carbocycles. The number of halogens is 1. The Labute approximate surface area is 126 Å². The molecule has 2 rings (SSSR count). The molecule has 0 saturated heterocycles. The maximum absolute atomic E-state index is 12.1. The molecule has 2 aromatic rings. The molecule has 1 heterocycles. The van der Waals surface area contributed by atoms with Crippen LogP contribution in [0.15, 0.2) is 36.7 Å². The number of aryl methyl sites for hydroxylation is 1. The number of hydrogen-bond acceptors (Lipinski definition) is 5. The number of ether oxygens (including phenoxy) is 1. The quantitative estimate of drug-likeness (QED) is 0.641. The minimum absolute atomic E-state index is 0.0661. The summed E-state index contributed by atoms with van der Waals surface area (Å²) in [7, 11) is 0. The van der Waals surface area contributed by atoms with Crippen molar-refractivity contribution in [2.24, 2.45) is 0 Å². The number of rotatable bonds is 4. The van der Waals surface area contributed by atoms with Crippen molar-refractivity contribution in [1.82, 2.24) is 9.97 Å². The van der Waals surface area contributed by atoms with Gasteiger partial charge in [-0.05, 0) is 38.1 Å². The lowest BCUT2D eigenvalue weighted by Crippen LogP contribution is -2.25. The third kappa shape index (κ3) is 3.86. The first-order valence-electron chi connectivity index (χ1n) is 6.27. The van der Waals surface area contributed by atoms with E-state index in [1.54, 1.807) is 31.2 Å². The number of carbonyl (C=O) groups excluding carboxylic acids is 2. The van der Waals surface area contributed by atoms with Crippen LogP contribution in [0, 0.1) is 6.92 Å². The molecule has 0 N–H and O–H groups in total. The van der Waals surface area contributed by atoms with Crippen LogP contribution in [-0.4, -0.2) is 27.8 Å². The molecule has 0 aliphatic heterocycles. The van der Waals surface area contributed by atoms with E-state index in [4.69, 9.17) is 16.3 Å². The average molecular weight is 305 g/mol. The van der Waals surface area contributed by atoms with Crippen LogP contribution in [0.1, 0.15) is 33.5 Å². The molecule has 1 aromatic carbocycles. The van der Waals surface area contributed by atoms with Gasteiger partial charge in [0.2, 0.25) is 5.78 Å². The van der Waals surface area contributed by atoms with Gasteiger partial charge in [-0.2, -0.15) is 0 Å². The molecule has 108 valence electrons. The summed E-state index contributed by atoms with van der Waals surface area (Å²) in [5.74, 6) is -0.989. The van der Waals surface area contributed by atoms with Gasteiger partial charge in [0, 0.05) is 16.8 Å². The van der Waals surface area contributed by atoms with Gasteiger partial charge >= 0.3 is 5.97 Å². The van der Waals surface area contributed by atoms with E-state index in [1.807, 2.05) is 0 Å². The highest BCUT2D eigenvalue weighted by molar-refractivity contribution is 6.30. The normalized spacial score (nSPS) is 11.8. The van der Waals surface area contributed by atoms with Gasteiger partial charge in [0.15, 0.2) is 11.8 Å². The van der Waals surface area contributed by atoms with Gasteiger partial charge in [-0.1, -0.05) is 11.6 Å². The van der Waals surface area contributed by atoms with E-state index in [0.29, 0.717) is 16.3 Å². The highest BCUT2D eigenvalue weighted by Crippen LogP contribution is 2.13. The van der Waals surface area contributed by atoms with Crippen LogP contribution in [0.3, 0.4) is 0 Å². The van der Waals surface area contributed by atoms with Crippen LogP contribution in [0.2, 0.25) is 5.02 Å². The standard InChI is InChI=1S/C15H13ClN2O3/c1-9-7-18-13(8-17-9)15(20)21-10(2)14(19)11-3-5-12(16)6-4-11/h3-8,10H,1-2H3/t10-/m0/s1. The molecule has 0 radical (unpaired) electrons. The number of benzene rings is 1. The molecule has 0 spiro atoms. The second-order valence-corrected chi connectivity index (χ2v) is 4.90. The summed E-state index contributed by atoms with van der Waals surface area (Å²) in [5.41, 5.74) is 1.18. The molecule has 1 aromatic heterocycles. The van der Waals surface area contributed by atoms with Crippen LogP contribution < -0.4 is 0 Å². The van der Waals surface area contributed by atoms with Gasteiger partial charge in [0.1, 0.15) is 0 Å². The van der Waals surface area contributed by atoms with Gasteiger partial charge in [-0.25, -0.2) is 9.78 Å². The lowest BCUT2D eigenvalue weighted by atomic mass is 10.1. The highest BCUT2D eigenvalue weighted by Gasteiger charge is 2.21. The Hall–Kier alpha value is -2.27. The summed E-state index contributed by atoms with van der Waals surface area (Å²) in [5, 5.41) is 0.533. The Morgan fingerprint density at radius 1 is 1.14 bits per heavy atom. The Bertz CT molecular complexity index is 654. The lowest BCUT2D eigenvalue weighted by Gasteiger charge is -2.12. The molecular weight excluding hydrogens is 292 g/mol. The maximum Gasteiger partial charge on any atom is 0.359 e. The smallest absolute Gasteiger partial charge is 0.359 e. The summed E-state index contributed by atoms with van der Waals surface area (Å²) in [6.45, 7) is 3.27. The van der Waals surface area contributed by atoms with Crippen LogP contribution >= 0.6 is 11.6 Å². The summed E-state index contributed by atoms with van der Waals surface area (Å²) < 4.78 is 5.10. The van der Waals surface area contributed by atoms with E-state index in [9.17, 15) is 9.59 Å². The first kappa shape index (κ1) is 15.1. The van der Waals surface area contributed by atoms with Crippen molar-refractivity contribution >= 4 is 23.4 Å². The highest BCUT2D eigenvalue weighted by atomic mass is 35.5. The van der Waals surface area contributed by atoms with Crippen molar-refractivity contribution < 1.29 is 14.3 Å². The number of Topliss-reactive ketones (excluding diaryl/α,β-unsaturated/α-hetero) is 1. The van der Waals surface area contributed by atoms with Gasteiger partial charge in [0.05, 0.1) is 11.9 Å². The Morgan fingerprint density at radius 2 is 1.81 bits per heavy atom. The number of aromatic nitrogens is 2. The minimum Gasteiger partial charge on any atom is -0.449 e. The summed E-state index contributed by atoms with van der Waals surface area (Å²) in [6, 6.07) is 6.38. The zero-order chi connectivity index (χ0) is 15.4.